The van der Waals surface area contributed by atoms with Crippen molar-refractivity contribution in [1.29, 1.82) is 0 Å². The second-order valence-corrected chi connectivity index (χ2v) is 14.3. The van der Waals surface area contributed by atoms with E-state index in [-0.39, 0.29) is 11.7 Å². The molecule has 4 rings (SSSR count). The second kappa shape index (κ2) is 13.1. The molecule has 0 saturated heterocycles. The smallest absolute Gasteiger partial charge is 0.339 e. The van der Waals surface area contributed by atoms with E-state index in [1.807, 2.05) is 45.9 Å². The third-order valence-corrected chi connectivity index (χ3v) is 8.44. The van der Waals surface area contributed by atoms with E-state index < -0.39 is 33.7 Å². The van der Waals surface area contributed by atoms with E-state index in [1.54, 1.807) is 6.92 Å². The Balaban J connectivity index is 1.98. The van der Waals surface area contributed by atoms with Crippen molar-refractivity contribution in [2.75, 3.05) is 30.0 Å². The Hall–Kier alpha value is -3.31. The molecule has 10 nitrogen and oxygen atoms in total. The number of rotatable bonds is 8. The summed E-state index contributed by atoms with van der Waals surface area (Å²) in [5.41, 5.74) is 3.67. The number of fused-ring (bicyclic) bond motifs is 1. The normalized spacial score (nSPS) is 16.4. The highest BCUT2D eigenvalue weighted by molar-refractivity contribution is 7.92. The number of amides is 2. The molecule has 1 saturated carbocycles. The van der Waals surface area contributed by atoms with Crippen LogP contribution in [0.1, 0.15) is 87.7 Å². The number of esters is 1. The molecule has 0 spiro atoms. The van der Waals surface area contributed by atoms with E-state index in [2.05, 4.69) is 15.4 Å². The number of aryl methyl sites for hydroxylation is 1. The summed E-state index contributed by atoms with van der Waals surface area (Å²) in [4.78, 5) is 26.7. The summed E-state index contributed by atoms with van der Waals surface area (Å²) >= 11 is 0. The molecule has 1 aliphatic heterocycles. The van der Waals surface area contributed by atoms with Gasteiger partial charge in [-0.3, -0.25) is 4.72 Å². The van der Waals surface area contributed by atoms with Crippen LogP contribution < -0.4 is 20.1 Å². The molecule has 2 aromatic rings. The molecular formula is C32H45N3O7S. The highest BCUT2D eigenvalue weighted by atomic mass is 32.2. The molecule has 0 radical (unpaired) electrons. The minimum atomic E-state index is -3.79. The Morgan fingerprint density at radius 1 is 1.02 bits per heavy atom. The molecule has 2 amide bonds. The van der Waals surface area contributed by atoms with Crippen LogP contribution in [0.3, 0.4) is 0 Å². The number of hydrogen-bond donors (Lipinski definition) is 3. The van der Waals surface area contributed by atoms with Crippen molar-refractivity contribution in [1.82, 2.24) is 5.32 Å². The second-order valence-electron chi connectivity index (χ2n) is 12.5. The fourth-order valence-electron chi connectivity index (χ4n) is 5.98. The quantitative estimate of drug-likeness (QED) is 0.304. The zero-order chi connectivity index (χ0) is 31.5. The minimum Gasteiger partial charge on any atom is -0.493 e. The summed E-state index contributed by atoms with van der Waals surface area (Å²) in [6, 6.07) is 5.48. The average molecular weight is 616 g/mol. The van der Waals surface area contributed by atoms with Gasteiger partial charge in [0.15, 0.2) is 6.10 Å². The number of benzene rings is 2. The molecule has 0 aromatic heterocycles. The highest BCUT2D eigenvalue weighted by Crippen LogP contribution is 2.46. The minimum absolute atomic E-state index is 0.0461. The number of carbonyl (C=O) groups excluding carboxylic acids is 2. The van der Waals surface area contributed by atoms with E-state index in [9.17, 15) is 18.0 Å². The van der Waals surface area contributed by atoms with Gasteiger partial charge in [-0.2, -0.15) is 0 Å². The number of anilines is 2. The highest BCUT2D eigenvalue weighted by Gasteiger charge is 2.35. The SMILES string of the molecule is COC(=O)C(OC(C)(C)C)c1c(C)c(NS(C)(=O)=O)c(NC(=O)NC2CCCCC2)c(C)c1-c1ccc2c(c1)CCCO2. The van der Waals surface area contributed by atoms with E-state index in [0.29, 0.717) is 34.5 Å². The topological polar surface area (TPSA) is 132 Å². The lowest BCUT2D eigenvalue weighted by molar-refractivity contribution is -0.164. The zero-order valence-corrected chi connectivity index (χ0v) is 27.1. The number of carbonyl (C=O) groups is 2. The Morgan fingerprint density at radius 2 is 1.72 bits per heavy atom. The number of ether oxygens (including phenoxy) is 3. The molecule has 1 aliphatic carbocycles. The third-order valence-electron chi connectivity index (χ3n) is 7.86. The molecule has 1 fully saturated rings. The van der Waals surface area contributed by atoms with E-state index >= 15 is 0 Å². The summed E-state index contributed by atoms with van der Waals surface area (Å²) in [6.07, 6.45) is 6.61. The maximum Gasteiger partial charge on any atom is 0.339 e. The first-order chi connectivity index (χ1) is 20.2. The first-order valence-corrected chi connectivity index (χ1v) is 16.8. The fraction of sp³-hybridized carbons (Fsp3) is 0.562. The lowest BCUT2D eigenvalue weighted by Crippen LogP contribution is -2.39. The fourth-order valence-corrected chi connectivity index (χ4v) is 6.60. The maximum atomic E-state index is 13.4. The van der Waals surface area contributed by atoms with Gasteiger partial charge in [-0.25, -0.2) is 18.0 Å². The van der Waals surface area contributed by atoms with Gasteiger partial charge in [0.1, 0.15) is 5.75 Å². The molecular weight excluding hydrogens is 570 g/mol. The van der Waals surface area contributed by atoms with Gasteiger partial charge < -0.3 is 24.8 Å². The van der Waals surface area contributed by atoms with Crippen LogP contribution in [0.15, 0.2) is 18.2 Å². The van der Waals surface area contributed by atoms with Crippen LogP contribution >= 0.6 is 0 Å². The molecule has 0 bridgehead atoms. The largest absolute Gasteiger partial charge is 0.493 e. The molecule has 2 aromatic carbocycles. The van der Waals surface area contributed by atoms with Crippen LogP contribution in [0.5, 0.6) is 5.75 Å². The average Bonchev–Trinajstić information content (AvgIpc) is 2.94. The van der Waals surface area contributed by atoms with Crippen molar-refractivity contribution in [3.63, 3.8) is 0 Å². The van der Waals surface area contributed by atoms with Gasteiger partial charge in [0, 0.05) is 11.6 Å². The number of urea groups is 1. The molecule has 236 valence electrons. The molecule has 11 heteroatoms. The lowest BCUT2D eigenvalue weighted by Gasteiger charge is -2.32. The van der Waals surface area contributed by atoms with Gasteiger partial charge in [0.2, 0.25) is 10.0 Å². The lowest BCUT2D eigenvalue weighted by atomic mass is 9.85. The Kier molecular flexibility index (Phi) is 9.96. The molecule has 3 N–H and O–H groups in total. The Labute approximate surface area is 255 Å². The van der Waals surface area contributed by atoms with Crippen LogP contribution in [0.25, 0.3) is 11.1 Å². The van der Waals surface area contributed by atoms with Crippen molar-refractivity contribution in [2.24, 2.45) is 0 Å². The van der Waals surface area contributed by atoms with E-state index in [4.69, 9.17) is 14.2 Å². The van der Waals surface area contributed by atoms with Crippen molar-refractivity contribution in [3.8, 4) is 16.9 Å². The van der Waals surface area contributed by atoms with Crippen LogP contribution in [0.2, 0.25) is 0 Å². The van der Waals surface area contributed by atoms with Gasteiger partial charge in [0.25, 0.3) is 0 Å². The summed E-state index contributed by atoms with van der Waals surface area (Å²) in [5.74, 6) is 0.183. The standard InChI is InChI=1S/C32H45N3O7S/c1-19-25(22-15-16-24-21(18-22)12-11-17-41-24)26(29(30(36)40-6)42-32(3,4)5)20(2)28(35-43(7,38)39)27(19)34-31(37)33-23-13-9-8-10-14-23/h15-16,18,23,29,35H,8-14,17H2,1-7H3,(H2,33,34,37). The van der Waals surface area contributed by atoms with Crippen LogP contribution in [0.4, 0.5) is 16.2 Å². The molecule has 1 unspecified atom stereocenters. The van der Waals surface area contributed by atoms with Gasteiger partial charge in [-0.05, 0) is 100 Å². The molecule has 1 atom stereocenters. The third kappa shape index (κ3) is 8.00. The van der Waals surface area contributed by atoms with Gasteiger partial charge >= 0.3 is 12.0 Å². The van der Waals surface area contributed by atoms with Gasteiger partial charge in [-0.15, -0.1) is 0 Å². The zero-order valence-electron chi connectivity index (χ0n) is 26.3. The van der Waals surface area contributed by atoms with Crippen LogP contribution in [-0.4, -0.2) is 52.0 Å². The predicted molar refractivity (Wildman–Crippen MR) is 168 cm³/mol. The Morgan fingerprint density at radius 3 is 2.35 bits per heavy atom. The summed E-state index contributed by atoms with van der Waals surface area (Å²) in [5, 5.41) is 6.02. The summed E-state index contributed by atoms with van der Waals surface area (Å²) < 4.78 is 45.3. The van der Waals surface area contributed by atoms with Crippen molar-refractivity contribution >= 4 is 33.4 Å². The van der Waals surface area contributed by atoms with Crippen molar-refractivity contribution in [2.45, 2.75) is 97.3 Å². The summed E-state index contributed by atoms with van der Waals surface area (Å²) in [6.45, 7) is 9.69. The number of sulfonamides is 1. The van der Waals surface area contributed by atoms with Gasteiger partial charge in [0.05, 0.1) is 36.9 Å². The first-order valence-electron chi connectivity index (χ1n) is 14.9. The summed E-state index contributed by atoms with van der Waals surface area (Å²) in [7, 11) is -2.50. The number of nitrogens with one attached hydrogen (secondary N) is 3. The monoisotopic (exact) mass is 615 g/mol. The van der Waals surface area contributed by atoms with Crippen LogP contribution in [0, 0.1) is 13.8 Å². The first kappa shape index (κ1) is 32.6. The Bertz CT molecular complexity index is 1470. The molecule has 43 heavy (non-hydrogen) atoms. The molecule has 2 aliphatic rings. The van der Waals surface area contributed by atoms with E-state index in [0.717, 1.165) is 68.1 Å². The predicted octanol–water partition coefficient (Wildman–Crippen LogP) is 6.15. The maximum absolute atomic E-state index is 13.4. The van der Waals surface area contributed by atoms with E-state index in [1.165, 1.54) is 7.11 Å². The van der Waals surface area contributed by atoms with Crippen molar-refractivity contribution in [3.05, 3.63) is 40.5 Å². The number of methoxy groups -OCH3 is 1. The number of hydrogen-bond acceptors (Lipinski definition) is 7. The van der Waals surface area contributed by atoms with Crippen molar-refractivity contribution < 1.29 is 32.2 Å². The van der Waals surface area contributed by atoms with Gasteiger partial charge in [-0.1, -0.05) is 25.3 Å². The molecule has 1 heterocycles. The van der Waals surface area contributed by atoms with Crippen LogP contribution in [-0.2, 0) is 30.7 Å².